The summed E-state index contributed by atoms with van der Waals surface area (Å²) in [4.78, 5) is 26.5. The van der Waals surface area contributed by atoms with E-state index in [0.717, 1.165) is 6.07 Å². The second-order valence-electron chi connectivity index (χ2n) is 5.99. The van der Waals surface area contributed by atoms with Crippen molar-refractivity contribution in [3.05, 3.63) is 70.2 Å². The number of carbonyl (C=O) groups excluding carboxylic acids is 2. The SMILES string of the molecule is CCC(=O)C1=C(O)C(=O)N(c2ccc(F)c(Cl)c2)C1c1ccc(OC)cc1. The molecule has 0 saturated heterocycles. The molecule has 1 aliphatic rings. The van der Waals surface area contributed by atoms with Crippen LogP contribution in [0, 0.1) is 5.82 Å². The topological polar surface area (TPSA) is 66.8 Å². The number of Topliss-reactive ketones (excluding diaryl/α,β-unsaturated/α-hetero) is 1. The number of hydrogen-bond donors (Lipinski definition) is 1. The van der Waals surface area contributed by atoms with Crippen molar-refractivity contribution in [1.82, 2.24) is 0 Å². The fourth-order valence-electron chi connectivity index (χ4n) is 3.08. The van der Waals surface area contributed by atoms with E-state index in [1.807, 2.05) is 0 Å². The molecule has 3 rings (SSSR count). The summed E-state index contributed by atoms with van der Waals surface area (Å²) in [7, 11) is 1.53. The number of rotatable bonds is 5. The Balaban J connectivity index is 2.16. The zero-order valence-corrected chi connectivity index (χ0v) is 15.5. The molecule has 1 heterocycles. The third kappa shape index (κ3) is 3.28. The molecule has 0 saturated carbocycles. The molecule has 0 fully saturated rings. The molecule has 1 atom stereocenters. The van der Waals surface area contributed by atoms with Crippen LogP contribution in [0.15, 0.2) is 53.8 Å². The summed E-state index contributed by atoms with van der Waals surface area (Å²) in [5, 5.41) is 10.2. The van der Waals surface area contributed by atoms with Gasteiger partial charge in [0, 0.05) is 12.1 Å². The number of carbonyl (C=O) groups is 2. The predicted molar refractivity (Wildman–Crippen MR) is 99.6 cm³/mol. The maximum atomic E-state index is 13.6. The average Bonchev–Trinajstić information content (AvgIpc) is 2.94. The van der Waals surface area contributed by atoms with Gasteiger partial charge in [0.25, 0.3) is 5.91 Å². The van der Waals surface area contributed by atoms with Crippen LogP contribution in [0.4, 0.5) is 10.1 Å². The summed E-state index contributed by atoms with van der Waals surface area (Å²) in [6, 6.07) is 9.75. The first-order valence-electron chi connectivity index (χ1n) is 8.28. The van der Waals surface area contributed by atoms with Crippen molar-refractivity contribution in [2.75, 3.05) is 12.0 Å². The van der Waals surface area contributed by atoms with Crippen LogP contribution in [0.2, 0.25) is 5.02 Å². The van der Waals surface area contributed by atoms with Crippen molar-refractivity contribution in [3.63, 3.8) is 0 Å². The van der Waals surface area contributed by atoms with Crippen molar-refractivity contribution < 1.29 is 23.8 Å². The summed E-state index contributed by atoms with van der Waals surface area (Å²) < 4.78 is 18.7. The number of nitrogens with zero attached hydrogens (tertiary/aromatic N) is 1. The van der Waals surface area contributed by atoms with E-state index >= 15 is 0 Å². The van der Waals surface area contributed by atoms with E-state index in [2.05, 4.69) is 0 Å². The minimum absolute atomic E-state index is 0.00751. The van der Waals surface area contributed by atoms with E-state index in [1.54, 1.807) is 31.2 Å². The van der Waals surface area contributed by atoms with Gasteiger partial charge in [-0.25, -0.2) is 4.39 Å². The first-order chi connectivity index (χ1) is 12.9. The quantitative estimate of drug-likeness (QED) is 0.824. The van der Waals surface area contributed by atoms with Crippen LogP contribution in [-0.4, -0.2) is 23.9 Å². The highest BCUT2D eigenvalue weighted by Crippen LogP contribution is 2.42. The van der Waals surface area contributed by atoms with E-state index in [9.17, 15) is 19.1 Å². The number of ether oxygens (including phenoxy) is 1. The lowest BCUT2D eigenvalue weighted by Gasteiger charge is -2.27. The van der Waals surface area contributed by atoms with Crippen LogP contribution in [0.3, 0.4) is 0 Å². The summed E-state index contributed by atoms with van der Waals surface area (Å²) in [5.41, 5.74) is 0.885. The van der Waals surface area contributed by atoms with E-state index in [1.165, 1.54) is 24.1 Å². The number of ketones is 1. The predicted octanol–water partition coefficient (Wildman–Crippen LogP) is 4.37. The van der Waals surface area contributed by atoms with Crippen LogP contribution < -0.4 is 9.64 Å². The Bertz CT molecular complexity index is 939. The highest BCUT2D eigenvalue weighted by molar-refractivity contribution is 6.31. The number of benzene rings is 2. The molecule has 1 amide bonds. The summed E-state index contributed by atoms with van der Waals surface area (Å²) >= 11 is 5.86. The number of anilines is 1. The summed E-state index contributed by atoms with van der Waals surface area (Å²) in [6.45, 7) is 1.65. The Labute approximate surface area is 160 Å². The van der Waals surface area contributed by atoms with Gasteiger partial charge in [0.15, 0.2) is 11.5 Å². The Kier molecular flexibility index (Phi) is 5.19. The summed E-state index contributed by atoms with van der Waals surface area (Å²) in [6.07, 6.45) is 0.122. The molecule has 0 radical (unpaired) electrons. The number of hydrogen-bond acceptors (Lipinski definition) is 4. The van der Waals surface area contributed by atoms with Gasteiger partial charge in [-0.15, -0.1) is 0 Å². The van der Waals surface area contributed by atoms with Gasteiger partial charge in [-0.05, 0) is 35.9 Å². The minimum Gasteiger partial charge on any atom is -0.503 e. The highest BCUT2D eigenvalue weighted by Gasteiger charge is 2.43. The van der Waals surface area contributed by atoms with E-state index in [-0.39, 0.29) is 28.5 Å². The normalized spacial score (nSPS) is 16.8. The van der Waals surface area contributed by atoms with E-state index < -0.39 is 23.5 Å². The Morgan fingerprint density at radius 2 is 1.93 bits per heavy atom. The Hall–Kier alpha value is -2.86. The van der Waals surface area contributed by atoms with Crippen molar-refractivity contribution in [1.29, 1.82) is 0 Å². The number of aliphatic hydroxyl groups is 1. The molecule has 1 aliphatic heterocycles. The molecule has 27 heavy (non-hydrogen) atoms. The first kappa shape index (κ1) is 18.9. The molecule has 0 aliphatic carbocycles. The third-order valence-electron chi connectivity index (χ3n) is 4.44. The second-order valence-corrected chi connectivity index (χ2v) is 6.40. The molecule has 5 nitrogen and oxygen atoms in total. The van der Waals surface area contributed by atoms with E-state index in [0.29, 0.717) is 11.3 Å². The lowest BCUT2D eigenvalue weighted by atomic mass is 9.95. The maximum absolute atomic E-state index is 13.6. The summed E-state index contributed by atoms with van der Waals surface area (Å²) in [5.74, 6) is -1.72. The first-order valence-corrected chi connectivity index (χ1v) is 8.65. The number of amides is 1. The molecule has 0 bridgehead atoms. The lowest BCUT2D eigenvalue weighted by molar-refractivity contribution is -0.118. The van der Waals surface area contributed by atoms with Crippen molar-refractivity contribution in [2.45, 2.75) is 19.4 Å². The molecule has 0 aromatic heterocycles. The van der Waals surface area contributed by atoms with Crippen LogP contribution in [-0.2, 0) is 9.59 Å². The monoisotopic (exact) mass is 389 g/mol. The van der Waals surface area contributed by atoms with Crippen molar-refractivity contribution in [2.24, 2.45) is 0 Å². The van der Waals surface area contributed by atoms with Gasteiger partial charge >= 0.3 is 0 Å². The van der Waals surface area contributed by atoms with Gasteiger partial charge in [0.1, 0.15) is 11.6 Å². The van der Waals surface area contributed by atoms with Gasteiger partial charge in [0.2, 0.25) is 0 Å². The fourth-order valence-corrected chi connectivity index (χ4v) is 3.26. The highest BCUT2D eigenvalue weighted by atomic mass is 35.5. The molecular weight excluding hydrogens is 373 g/mol. The van der Waals surface area contributed by atoms with E-state index in [4.69, 9.17) is 16.3 Å². The number of halogens is 2. The van der Waals surface area contributed by atoms with Crippen LogP contribution in [0.5, 0.6) is 5.75 Å². The van der Waals surface area contributed by atoms with Crippen LogP contribution >= 0.6 is 11.6 Å². The van der Waals surface area contributed by atoms with Gasteiger partial charge in [-0.3, -0.25) is 14.5 Å². The van der Waals surface area contributed by atoms with Crippen molar-refractivity contribution >= 4 is 29.0 Å². The zero-order valence-electron chi connectivity index (χ0n) is 14.7. The number of aliphatic hydroxyl groups excluding tert-OH is 1. The largest absolute Gasteiger partial charge is 0.503 e. The molecule has 2 aromatic rings. The molecular formula is C20H17ClFNO4. The third-order valence-corrected chi connectivity index (χ3v) is 4.73. The van der Waals surface area contributed by atoms with Crippen LogP contribution in [0.1, 0.15) is 24.9 Å². The zero-order chi connectivity index (χ0) is 19.7. The maximum Gasteiger partial charge on any atom is 0.294 e. The van der Waals surface area contributed by atoms with Gasteiger partial charge in [-0.1, -0.05) is 30.7 Å². The average molecular weight is 390 g/mol. The van der Waals surface area contributed by atoms with Gasteiger partial charge < -0.3 is 9.84 Å². The number of methoxy groups -OCH3 is 1. The fraction of sp³-hybridized carbons (Fsp3) is 0.200. The minimum atomic E-state index is -0.850. The Morgan fingerprint density at radius 1 is 1.26 bits per heavy atom. The smallest absolute Gasteiger partial charge is 0.294 e. The van der Waals surface area contributed by atoms with Crippen LogP contribution in [0.25, 0.3) is 0 Å². The molecule has 1 N–H and O–H groups in total. The van der Waals surface area contributed by atoms with Gasteiger partial charge in [0.05, 0.1) is 23.7 Å². The Morgan fingerprint density at radius 3 is 2.48 bits per heavy atom. The lowest BCUT2D eigenvalue weighted by Crippen LogP contribution is -2.31. The standard InChI is InChI=1S/C20H17ClFNO4/c1-3-16(24)17-18(11-4-7-13(27-2)8-5-11)23(20(26)19(17)25)12-6-9-15(22)14(21)10-12/h4-10,18,25H,3H2,1-2H3. The molecule has 1 unspecified atom stereocenters. The molecule has 2 aromatic carbocycles. The van der Waals surface area contributed by atoms with Gasteiger partial charge in [-0.2, -0.15) is 0 Å². The molecule has 140 valence electrons. The second kappa shape index (κ2) is 7.40. The van der Waals surface area contributed by atoms with Crippen molar-refractivity contribution in [3.8, 4) is 5.75 Å². The molecule has 0 spiro atoms. The molecule has 7 heteroatoms.